The van der Waals surface area contributed by atoms with Gasteiger partial charge in [-0.3, -0.25) is 9.36 Å². The number of hydrogen-bond acceptors (Lipinski definition) is 6. The highest BCUT2D eigenvalue weighted by atomic mass is 32.2. The van der Waals surface area contributed by atoms with Crippen molar-refractivity contribution in [2.24, 2.45) is 5.92 Å². The van der Waals surface area contributed by atoms with E-state index in [-0.39, 0.29) is 11.2 Å². The predicted molar refractivity (Wildman–Crippen MR) is 125 cm³/mol. The van der Waals surface area contributed by atoms with Crippen molar-refractivity contribution in [3.63, 3.8) is 0 Å². The van der Waals surface area contributed by atoms with Gasteiger partial charge in [0.15, 0.2) is 5.16 Å². The van der Waals surface area contributed by atoms with Crippen LogP contribution >= 0.6 is 23.1 Å². The third kappa shape index (κ3) is 3.90. The number of thiophene rings is 1. The summed E-state index contributed by atoms with van der Waals surface area (Å²) in [7, 11) is 1.64. The summed E-state index contributed by atoms with van der Waals surface area (Å²) in [6, 6.07) is 7.61. The zero-order valence-corrected chi connectivity index (χ0v) is 19.8. The SMILES string of the molecule is CC[C@]1(C)Cc2c(sc3nc(SCC(C)C)n(-c4ccc(OC)cc4)c(=O)c23)CO1. The summed E-state index contributed by atoms with van der Waals surface area (Å²) in [6.45, 7) is 9.16. The van der Waals surface area contributed by atoms with E-state index in [1.807, 2.05) is 24.3 Å². The van der Waals surface area contributed by atoms with Crippen molar-refractivity contribution in [3.05, 3.63) is 45.1 Å². The highest BCUT2D eigenvalue weighted by Crippen LogP contribution is 2.39. The Labute approximate surface area is 185 Å². The number of methoxy groups -OCH3 is 1. The number of thioether (sulfide) groups is 1. The molecule has 0 spiro atoms. The fourth-order valence-corrected chi connectivity index (χ4v) is 5.73. The molecule has 0 bridgehead atoms. The van der Waals surface area contributed by atoms with Gasteiger partial charge in [0, 0.05) is 17.1 Å². The summed E-state index contributed by atoms with van der Waals surface area (Å²) in [5.74, 6) is 2.17. The van der Waals surface area contributed by atoms with Crippen LogP contribution in [0.25, 0.3) is 15.9 Å². The average Bonchev–Trinajstić information content (AvgIpc) is 3.10. The Balaban J connectivity index is 1.92. The molecule has 1 aliphatic rings. The highest BCUT2D eigenvalue weighted by Gasteiger charge is 2.33. The third-order valence-electron chi connectivity index (χ3n) is 5.60. The second-order valence-electron chi connectivity index (χ2n) is 8.39. The summed E-state index contributed by atoms with van der Waals surface area (Å²) in [5.41, 5.74) is 1.70. The summed E-state index contributed by atoms with van der Waals surface area (Å²) in [4.78, 5) is 20.7. The lowest BCUT2D eigenvalue weighted by Crippen LogP contribution is -2.34. The minimum absolute atomic E-state index is 0.00859. The van der Waals surface area contributed by atoms with Gasteiger partial charge in [0.2, 0.25) is 0 Å². The van der Waals surface area contributed by atoms with Crippen molar-refractivity contribution >= 4 is 33.3 Å². The van der Waals surface area contributed by atoms with E-state index in [9.17, 15) is 4.79 Å². The second kappa shape index (κ2) is 8.36. The largest absolute Gasteiger partial charge is 0.497 e. The number of hydrogen-bond donors (Lipinski definition) is 0. The number of aromatic nitrogens is 2. The normalized spacial score (nSPS) is 18.7. The maximum Gasteiger partial charge on any atom is 0.267 e. The van der Waals surface area contributed by atoms with Gasteiger partial charge in [-0.15, -0.1) is 11.3 Å². The van der Waals surface area contributed by atoms with Gasteiger partial charge in [-0.05, 0) is 49.1 Å². The first-order valence-corrected chi connectivity index (χ1v) is 12.1. The lowest BCUT2D eigenvalue weighted by atomic mass is 9.90. The second-order valence-corrected chi connectivity index (χ2v) is 10.5. The molecule has 7 heteroatoms. The molecule has 5 nitrogen and oxygen atoms in total. The molecule has 0 saturated heterocycles. The average molecular weight is 445 g/mol. The van der Waals surface area contributed by atoms with Crippen LogP contribution in [0, 0.1) is 5.92 Å². The maximum atomic E-state index is 13.8. The molecule has 160 valence electrons. The number of rotatable bonds is 6. The van der Waals surface area contributed by atoms with Crippen LogP contribution in [0.2, 0.25) is 0 Å². The van der Waals surface area contributed by atoms with Crippen LogP contribution in [0.5, 0.6) is 5.75 Å². The maximum absolute atomic E-state index is 13.8. The molecule has 0 unspecified atom stereocenters. The Kier molecular flexibility index (Phi) is 5.97. The van der Waals surface area contributed by atoms with Crippen molar-refractivity contribution in [3.8, 4) is 11.4 Å². The van der Waals surface area contributed by atoms with Crippen molar-refractivity contribution < 1.29 is 9.47 Å². The van der Waals surface area contributed by atoms with Crippen molar-refractivity contribution in [1.82, 2.24) is 9.55 Å². The van der Waals surface area contributed by atoms with E-state index >= 15 is 0 Å². The highest BCUT2D eigenvalue weighted by molar-refractivity contribution is 7.99. The van der Waals surface area contributed by atoms with Gasteiger partial charge < -0.3 is 9.47 Å². The Morgan fingerprint density at radius 1 is 1.33 bits per heavy atom. The van der Waals surface area contributed by atoms with Crippen LogP contribution in [0.1, 0.15) is 44.6 Å². The van der Waals surface area contributed by atoms with Gasteiger partial charge in [0.05, 0.1) is 30.4 Å². The number of ether oxygens (including phenoxy) is 2. The molecule has 0 aliphatic carbocycles. The predicted octanol–water partition coefficient (Wildman–Crippen LogP) is 5.45. The molecule has 0 fully saturated rings. The quantitative estimate of drug-likeness (QED) is 0.374. The van der Waals surface area contributed by atoms with E-state index in [0.29, 0.717) is 12.5 Å². The Hall–Kier alpha value is -1.83. The first-order valence-electron chi connectivity index (χ1n) is 10.3. The molecular formula is C23H28N2O3S2. The fraction of sp³-hybridized carbons (Fsp3) is 0.478. The zero-order valence-electron chi connectivity index (χ0n) is 18.2. The van der Waals surface area contributed by atoms with Crippen LogP contribution in [-0.2, 0) is 17.8 Å². The molecule has 4 rings (SSSR count). The minimum atomic E-state index is -0.233. The smallest absolute Gasteiger partial charge is 0.267 e. The molecule has 1 aliphatic heterocycles. The first-order chi connectivity index (χ1) is 14.3. The van der Waals surface area contributed by atoms with Gasteiger partial charge >= 0.3 is 0 Å². The molecule has 2 aromatic heterocycles. The summed E-state index contributed by atoms with van der Waals surface area (Å²) in [5, 5.41) is 1.49. The lowest BCUT2D eigenvalue weighted by Gasteiger charge is -2.32. The van der Waals surface area contributed by atoms with Gasteiger partial charge in [0.1, 0.15) is 10.6 Å². The number of nitrogens with zero attached hydrogens (tertiary/aromatic N) is 2. The van der Waals surface area contributed by atoms with Gasteiger partial charge in [-0.2, -0.15) is 0 Å². The van der Waals surface area contributed by atoms with Gasteiger partial charge in [0.25, 0.3) is 5.56 Å². The van der Waals surface area contributed by atoms with Crippen molar-refractivity contribution in [2.45, 2.75) is 57.9 Å². The van der Waals surface area contributed by atoms with Gasteiger partial charge in [-0.25, -0.2) is 4.98 Å². The summed E-state index contributed by atoms with van der Waals surface area (Å²) >= 11 is 3.24. The molecule has 0 N–H and O–H groups in total. The van der Waals surface area contributed by atoms with E-state index in [1.54, 1.807) is 34.8 Å². The minimum Gasteiger partial charge on any atom is -0.497 e. The van der Waals surface area contributed by atoms with Crippen LogP contribution in [0.4, 0.5) is 0 Å². The van der Waals surface area contributed by atoms with E-state index in [0.717, 1.165) is 55.8 Å². The van der Waals surface area contributed by atoms with E-state index in [1.165, 1.54) is 0 Å². The Morgan fingerprint density at radius 3 is 2.70 bits per heavy atom. The summed E-state index contributed by atoms with van der Waals surface area (Å²) < 4.78 is 13.2. The van der Waals surface area contributed by atoms with Crippen LogP contribution in [0.15, 0.2) is 34.2 Å². The number of fused-ring (bicyclic) bond motifs is 3. The third-order valence-corrected chi connectivity index (χ3v) is 8.07. The summed E-state index contributed by atoms with van der Waals surface area (Å²) in [6.07, 6.45) is 1.66. The monoisotopic (exact) mass is 444 g/mol. The standard InChI is InChI=1S/C23H28N2O3S2/c1-6-23(4)11-17-18(12-28-23)30-20-19(17)21(26)25(22(24-20)29-13-14(2)3)15-7-9-16(27-5)10-8-15/h7-10,14H,6,11-13H2,1-5H3/t23-/m1/s1. The molecule has 0 radical (unpaired) electrons. The van der Waals surface area contributed by atoms with Crippen LogP contribution in [-0.4, -0.2) is 28.0 Å². The molecule has 1 aromatic carbocycles. The topological polar surface area (TPSA) is 53.4 Å². The van der Waals surface area contributed by atoms with E-state index in [4.69, 9.17) is 14.5 Å². The Bertz CT molecular complexity index is 1120. The number of benzene rings is 1. The molecule has 0 saturated carbocycles. The first kappa shape index (κ1) is 21.4. The Morgan fingerprint density at radius 2 is 2.07 bits per heavy atom. The fourth-order valence-electron chi connectivity index (χ4n) is 3.63. The molecule has 3 heterocycles. The molecule has 0 amide bonds. The zero-order chi connectivity index (χ0) is 21.5. The molecule has 3 aromatic rings. The van der Waals surface area contributed by atoms with Crippen LogP contribution in [0.3, 0.4) is 0 Å². The van der Waals surface area contributed by atoms with Crippen molar-refractivity contribution in [2.75, 3.05) is 12.9 Å². The van der Waals surface area contributed by atoms with Gasteiger partial charge in [-0.1, -0.05) is 32.5 Å². The molecular weight excluding hydrogens is 416 g/mol. The van der Waals surface area contributed by atoms with E-state index < -0.39 is 0 Å². The van der Waals surface area contributed by atoms with E-state index in [2.05, 4.69) is 27.7 Å². The molecule has 30 heavy (non-hydrogen) atoms. The van der Waals surface area contributed by atoms with Crippen LogP contribution < -0.4 is 10.3 Å². The lowest BCUT2D eigenvalue weighted by molar-refractivity contribution is -0.0543. The molecule has 1 atom stereocenters. The van der Waals surface area contributed by atoms with Crippen molar-refractivity contribution in [1.29, 1.82) is 0 Å².